The Morgan fingerprint density at radius 3 is 2.56 bits per heavy atom. The summed E-state index contributed by atoms with van der Waals surface area (Å²) in [7, 11) is -2.40. The Morgan fingerprint density at radius 1 is 1.26 bits per heavy atom. The highest BCUT2D eigenvalue weighted by atomic mass is 35.5. The first-order chi connectivity index (χ1) is 16.1. The van der Waals surface area contributed by atoms with E-state index in [1.54, 1.807) is 25.1 Å². The van der Waals surface area contributed by atoms with Crippen LogP contribution in [-0.2, 0) is 22.5 Å². The Bertz CT molecular complexity index is 1290. The summed E-state index contributed by atoms with van der Waals surface area (Å²) in [5.74, 6) is -0.939. The average molecular weight is 509 g/mol. The molecule has 0 atom stereocenters. The molecule has 4 rings (SSSR count). The largest absolute Gasteiger partial charge is 0.351 e. The summed E-state index contributed by atoms with van der Waals surface area (Å²) in [6.07, 6.45) is 2.59. The van der Waals surface area contributed by atoms with Gasteiger partial charge >= 0.3 is 0 Å². The fourth-order valence-electron chi connectivity index (χ4n) is 3.72. The van der Waals surface area contributed by atoms with Crippen molar-refractivity contribution in [2.45, 2.75) is 31.2 Å². The lowest BCUT2D eigenvalue weighted by atomic mass is 9.77. The van der Waals surface area contributed by atoms with Crippen LogP contribution in [0, 0.1) is 12.7 Å². The molecule has 1 saturated heterocycles. The molecule has 0 aliphatic carbocycles. The van der Waals surface area contributed by atoms with Gasteiger partial charge in [0.25, 0.3) is 15.9 Å². The van der Waals surface area contributed by atoms with Gasteiger partial charge in [-0.1, -0.05) is 25.4 Å². The normalized spacial score (nSPS) is 15.1. The van der Waals surface area contributed by atoms with Crippen molar-refractivity contribution in [2.24, 2.45) is 7.05 Å². The molecule has 12 heteroatoms. The van der Waals surface area contributed by atoms with Crippen molar-refractivity contribution in [1.29, 1.82) is 0 Å². The number of rotatable bonds is 6. The van der Waals surface area contributed by atoms with Crippen molar-refractivity contribution in [3.8, 4) is 0 Å². The molecule has 0 radical (unpaired) electrons. The van der Waals surface area contributed by atoms with E-state index in [0.717, 1.165) is 11.0 Å². The van der Waals surface area contributed by atoms with Gasteiger partial charge in [-0.2, -0.15) is 14.2 Å². The van der Waals surface area contributed by atoms with Gasteiger partial charge in [-0.25, -0.2) is 12.8 Å². The molecule has 0 spiro atoms. The summed E-state index contributed by atoms with van der Waals surface area (Å²) in [4.78, 5) is 18.1. The number of nitrogens with one attached hydrogen (secondary N) is 1. The van der Waals surface area contributed by atoms with Gasteiger partial charge in [0.2, 0.25) is 5.03 Å². The van der Waals surface area contributed by atoms with Crippen molar-refractivity contribution in [1.82, 2.24) is 29.6 Å². The maximum Gasteiger partial charge on any atom is 0.264 e. The molecule has 1 N–H and O–H groups in total. The fourth-order valence-corrected chi connectivity index (χ4v) is 5.45. The summed E-state index contributed by atoms with van der Waals surface area (Å²) in [5, 5.41) is 10.8. The van der Waals surface area contributed by atoms with E-state index in [9.17, 15) is 17.6 Å². The van der Waals surface area contributed by atoms with Gasteiger partial charge < -0.3 is 5.32 Å². The average Bonchev–Trinajstić information content (AvgIpc) is 3.22. The zero-order valence-electron chi connectivity index (χ0n) is 19.3. The number of aromatic nitrogens is 4. The van der Waals surface area contributed by atoms with E-state index < -0.39 is 21.3 Å². The number of sulfonamides is 1. The molecule has 1 aliphatic heterocycles. The molecule has 3 heterocycles. The van der Waals surface area contributed by atoms with E-state index in [4.69, 9.17) is 11.6 Å². The van der Waals surface area contributed by atoms with E-state index in [1.165, 1.54) is 29.7 Å². The predicted octanol–water partition coefficient (Wildman–Crippen LogP) is 2.71. The first-order valence-electron chi connectivity index (χ1n) is 10.6. The Labute approximate surface area is 203 Å². The molecule has 182 valence electrons. The molecule has 1 fully saturated rings. The van der Waals surface area contributed by atoms with Crippen LogP contribution in [0.5, 0.6) is 0 Å². The third-order valence-corrected chi connectivity index (χ3v) is 7.31. The first kappa shape index (κ1) is 25.7. The molecule has 0 saturated carbocycles. The van der Waals surface area contributed by atoms with Gasteiger partial charge in [0.1, 0.15) is 5.82 Å². The number of hydrogen-bond acceptors (Lipinski definition) is 6. The van der Waals surface area contributed by atoms with Gasteiger partial charge in [0, 0.05) is 43.5 Å². The van der Waals surface area contributed by atoms with Crippen molar-refractivity contribution in [3.05, 3.63) is 70.4 Å². The first-order valence-corrected chi connectivity index (χ1v) is 12.5. The molecule has 0 bridgehead atoms. The van der Waals surface area contributed by atoms with Crippen LogP contribution in [0.3, 0.4) is 0 Å². The molecule has 3 aromatic rings. The number of pyridine rings is 1. The van der Waals surface area contributed by atoms with E-state index in [0.29, 0.717) is 16.1 Å². The number of carbonyl (C=O) groups is 1. The summed E-state index contributed by atoms with van der Waals surface area (Å²) in [5.41, 5.74) is 0.179. The fraction of sp³-hybridized carbons (Fsp3) is 0.364. The smallest absolute Gasteiger partial charge is 0.264 e. The second-order valence-corrected chi connectivity index (χ2v) is 10.0. The van der Waals surface area contributed by atoms with Crippen LogP contribution < -0.4 is 5.32 Å². The van der Waals surface area contributed by atoms with E-state index in [1.807, 2.05) is 13.8 Å². The minimum Gasteiger partial charge on any atom is -0.351 e. The maximum absolute atomic E-state index is 14.6. The summed E-state index contributed by atoms with van der Waals surface area (Å²) >= 11 is 5.96. The molecule has 9 nitrogen and oxygen atoms in total. The predicted molar refractivity (Wildman–Crippen MR) is 126 cm³/mol. The molecule has 1 amide bonds. The van der Waals surface area contributed by atoms with E-state index in [-0.39, 0.29) is 36.3 Å². The Hall–Kier alpha value is -2.89. The third kappa shape index (κ3) is 4.96. The van der Waals surface area contributed by atoms with Crippen LogP contribution in [0.4, 0.5) is 4.39 Å². The number of carbonyl (C=O) groups excluding carboxylic acids is 1. The van der Waals surface area contributed by atoms with Crippen LogP contribution >= 0.6 is 11.6 Å². The lowest BCUT2D eigenvalue weighted by molar-refractivity contribution is 0.0894. The van der Waals surface area contributed by atoms with Crippen LogP contribution in [0.25, 0.3) is 0 Å². The van der Waals surface area contributed by atoms with Crippen molar-refractivity contribution in [3.63, 3.8) is 0 Å². The number of benzene rings is 1. The minimum absolute atomic E-state index is 0.00563. The third-order valence-electron chi connectivity index (χ3n) is 5.42. The molecule has 1 aromatic carbocycles. The minimum atomic E-state index is -3.91. The Balaban J connectivity index is 0.00000158. The van der Waals surface area contributed by atoms with Gasteiger partial charge in [0.05, 0.1) is 17.3 Å². The quantitative estimate of drug-likeness (QED) is 0.548. The standard InChI is InChI=1S/C20H20ClFN6O3S.C2H6/c1-13-8-14(21)5-6-15(13)19(29)24-10-20(18-16(22)4-3-7-23-18)11-28(12-20)32(30,31)17-9-25-27(2)26-17;1-2/h3-9H,10-12H2,1-2H3,(H,24,29);1-2H3. The summed E-state index contributed by atoms with van der Waals surface area (Å²) < 4.78 is 41.5. The molecule has 1 aliphatic rings. The molecule has 34 heavy (non-hydrogen) atoms. The maximum atomic E-state index is 14.6. The van der Waals surface area contributed by atoms with E-state index >= 15 is 0 Å². The highest BCUT2D eigenvalue weighted by Crippen LogP contribution is 2.37. The SMILES string of the molecule is CC.Cc1cc(Cl)ccc1C(=O)NCC1(c2ncccc2F)CN(S(=O)(=O)c2cnn(C)n2)C1. The zero-order valence-corrected chi connectivity index (χ0v) is 20.9. The Kier molecular flexibility index (Phi) is 7.69. The van der Waals surface area contributed by atoms with Crippen molar-refractivity contribution < 1.29 is 17.6 Å². The van der Waals surface area contributed by atoms with E-state index in [2.05, 4.69) is 20.5 Å². The monoisotopic (exact) mass is 508 g/mol. The lowest BCUT2D eigenvalue weighted by Gasteiger charge is -2.48. The number of hydrogen-bond donors (Lipinski definition) is 1. The van der Waals surface area contributed by atoms with Gasteiger partial charge in [-0.3, -0.25) is 9.78 Å². The summed E-state index contributed by atoms with van der Waals surface area (Å²) in [6, 6.07) is 7.59. The molecular formula is C22H26ClFN6O3S. The van der Waals surface area contributed by atoms with Crippen molar-refractivity contribution >= 4 is 27.5 Å². The number of aryl methyl sites for hydroxylation is 2. The molecular weight excluding hydrogens is 483 g/mol. The number of nitrogens with zero attached hydrogens (tertiary/aromatic N) is 5. The molecule has 2 aromatic heterocycles. The second-order valence-electron chi connectivity index (χ2n) is 7.70. The zero-order chi connectivity index (χ0) is 25.1. The Morgan fingerprint density at radius 2 is 1.97 bits per heavy atom. The highest BCUT2D eigenvalue weighted by Gasteiger charge is 2.52. The number of halogens is 2. The lowest BCUT2D eigenvalue weighted by Crippen LogP contribution is -2.65. The second kappa shape index (κ2) is 10.2. The van der Waals surface area contributed by atoms with Crippen LogP contribution in [-0.4, -0.2) is 58.2 Å². The van der Waals surface area contributed by atoms with Gasteiger partial charge in [0.15, 0.2) is 0 Å². The van der Waals surface area contributed by atoms with Gasteiger partial charge in [-0.05, 0) is 42.8 Å². The number of amides is 1. The molecule has 0 unspecified atom stereocenters. The van der Waals surface area contributed by atoms with Gasteiger partial charge in [-0.15, -0.1) is 5.10 Å². The van der Waals surface area contributed by atoms with Crippen LogP contribution in [0.15, 0.2) is 47.8 Å². The summed E-state index contributed by atoms with van der Waals surface area (Å²) in [6.45, 7) is 5.61. The topological polar surface area (TPSA) is 110 Å². The highest BCUT2D eigenvalue weighted by molar-refractivity contribution is 7.89. The van der Waals surface area contributed by atoms with Crippen molar-refractivity contribution in [2.75, 3.05) is 19.6 Å². The van der Waals surface area contributed by atoms with Crippen LogP contribution in [0.1, 0.15) is 35.5 Å². The van der Waals surface area contributed by atoms with Crippen LogP contribution in [0.2, 0.25) is 5.02 Å².